The second kappa shape index (κ2) is 5.91. The van der Waals surface area contributed by atoms with E-state index in [9.17, 15) is 13.2 Å². The third-order valence-corrected chi connectivity index (χ3v) is 1.33. The van der Waals surface area contributed by atoms with Gasteiger partial charge in [-0.3, -0.25) is 0 Å². The number of rotatable bonds is 0. The summed E-state index contributed by atoms with van der Waals surface area (Å²) in [7, 11) is 0. The Morgan fingerprint density at radius 3 is 2.08 bits per heavy atom. The lowest BCUT2D eigenvalue weighted by molar-refractivity contribution is 0.00819. The zero-order valence-electron chi connectivity index (χ0n) is 5.95. The van der Waals surface area contributed by atoms with E-state index in [1.807, 2.05) is 6.08 Å². The summed E-state index contributed by atoms with van der Waals surface area (Å²) in [6.07, 6.45) is 6.44. The summed E-state index contributed by atoms with van der Waals surface area (Å²) in [5, 5.41) is 8.90. The van der Waals surface area contributed by atoms with E-state index in [0.29, 0.717) is 4.86 Å². The van der Waals surface area contributed by atoms with Crippen LogP contribution in [-0.4, -0.2) is 22.8 Å². The van der Waals surface area contributed by atoms with Crippen LogP contribution in [0.5, 0.6) is 0 Å². The number of aliphatic hydroxyl groups is 1. The molecule has 68 valence electrons. The van der Waals surface area contributed by atoms with Gasteiger partial charge in [0.25, 0.3) is 0 Å². The minimum atomic E-state index is -3.67. The highest BCUT2D eigenvalue weighted by Crippen LogP contribution is 1.99. The first kappa shape index (κ1) is 11.3. The molecular formula is C7H7F3OS. The Hall–Kier alpha value is -0.680. The van der Waals surface area contributed by atoms with Gasteiger partial charge in [0, 0.05) is 4.86 Å². The van der Waals surface area contributed by atoms with Crippen molar-refractivity contribution in [2.24, 2.45) is 0 Å². The van der Waals surface area contributed by atoms with Crippen LogP contribution in [0.2, 0.25) is 0 Å². The Labute approximate surface area is 73.2 Å². The molecule has 1 unspecified atom stereocenters. The van der Waals surface area contributed by atoms with Crippen molar-refractivity contribution >= 4 is 17.1 Å². The average molecular weight is 196 g/mol. The van der Waals surface area contributed by atoms with Gasteiger partial charge in [0.15, 0.2) is 0 Å². The predicted octanol–water partition coefficient (Wildman–Crippen LogP) is 2.02. The van der Waals surface area contributed by atoms with Gasteiger partial charge in [0.1, 0.15) is 6.10 Å². The predicted molar refractivity (Wildman–Crippen MR) is 44.0 cm³/mol. The Balaban J connectivity index is 0.000000261. The van der Waals surface area contributed by atoms with E-state index in [0.717, 1.165) is 0 Å². The van der Waals surface area contributed by atoms with Gasteiger partial charge in [-0.1, -0.05) is 30.4 Å². The number of halogens is 3. The molecule has 1 nitrogen and oxygen atoms in total. The van der Waals surface area contributed by atoms with E-state index in [1.165, 1.54) is 0 Å². The second-order valence-corrected chi connectivity index (χ2v) is 2.31. The molecule has 0 heterocycles. The van der Waals surface area contributed by atoms with Crippen LogP contribution in [0.1, 0.15) is 0 Å². The lowest BCUT2D eigenvalue weighted by atomic mass is 10.1. The van der Waals surface area contributed by atoms with Gasteiger partial charge in [0.2, 0.25) is 0 Å². The highest BCUT2D eigenvalue weighted by atomic mass is 32.1. The van der Waals surface area contributed by atoms with Crippen LogP contribution >= 0.6 is 12.2 Å². The maximum atomic E-state index is 9.67. The molecule has 0 amide bonds. The van der Waals surface area contributed by atoms with Crippen LogP contribution in [0.4, 0.5) is 13.2 Å². The Morgan fingerprint density at radius 1 is 1.33 bits per heavy atom. The average Bonchev–Trinajstić information content (AvgIpc) is 1.94. The second-order valence-electron chi connectivity index (χ2n) is 1.84. The summed E-state index contributed by atoms with van der Waals surface area (Å²) < 4.78 is 29.0. The summed E-state index contributed by atoms with van der Waals surface area (Å²) in [5.74, 6) is 0. The standard InChI is InChI=1S/C6H6OS.CHF3/c7-5-3-1-2-4-6(5)8;2-1(3)4/h1-5,7H;1H. The van der Waals surface area contributed by atoms with Gasteiger partial charge >= 0.3 is 6.68 Å². The molecule has 1 aliphatic rings. The van der Waals surface area contributed by atoms with Gasteiger partial charge < -0.3 is 5.11 Å². The van der Waals surface area contributed by atoms with Crippen LogP contribution in [-0.2, 0) is 0 Å². The summed E-state index contributed by atoms with van der Waals surface area (Å²) in [6.45, 7) is -3.67. The zero-order chi connectivity index (χ0) is 9.56. The van der Waals surface area contributed by atoms with Crippen molar-refractivity contribution in [2.75, 3.05) is 0 Å². The molecule has 0 radical (unpaired) electrons. The van der Waals surface area contributed by atoms with Crippen LogP contribution < -0.4 is 0 Å². The molecule has 5 heteroatoms. The number of alkyl halides is 3. The minimum absolute atomic E-state index is 0.532. The summed E-state index contributed by atoms with van der Waals surface area (Å²) in [6, 6.07) is 0. The smallest absolute Gasteiger partial charge is 0.379 e. The highest BCUT2D eigenvalue weighted by Gasteiger charge is 2.03. The SMILES string of the molecule is FC(F)F.OC1C=CC=CC1=S. The fourth-order valence-electron chi connectivity index (χ4n) is 0.513. The third-order valence-electron chi connectivity index (χ3n) is 0.957. The Kier molecular flexibility index (Phi) is 5.57. The van der Waals surface area contributed by atoms with E-state index < -0.39 is 12.8 Å². The van der Waals surface area contributed by atoms with Gasteiger partial charge in [-0.15, -0.1) is 0 Å². The maximum absolute atomic E-state index is 9.67. The number of hydrogen-bond acceptors (Lipinski definition) is 2. The van der Waals surface area contributed by atoms with Gasteiger partial charge in [0.05, 0.1) is 0 Å². The van der Waals surface area contributed by atoms with Crippen molar-refractivity contribution in [3.63, 3.8) is 0 Å². The normalized spacial score (nSPS) is 20.8. The van der Waals surface area contributed by atoms with E-state index in [2.05, 4.69) is 0 Å². The zero-order valence-corrected chi connectivity index (χ0v) is 6.77. The lowest BCUT2D eigenvalue weighted by Crippen LogP contribution is -2.14. The quantitative estimate of drug-likeness (QED) is 0.598. The summed E-state index contributed by atoms with van der Waals surface area (Å²) >= 11 is 4.74. The summed E-state index contributed by atoms with van der Waals surface area (Å²) in [4.78, 5) is 0.590. The van der Waals surface area contributed by atoms with Crippen molar-refractivity contribution in [2.45, 2.75) is 12.8 Å². The van der Waals surface area contributed by atoms with Crippen molar-refractivity contribution < 1.29 is 18.3 Å². The van der Waals surface area contributed by atoms with E-state index in [1.54, 1.807) is 18.2 Å². The first-order valence-corrected chi connectivity index (χ1v) is 3.44. The number of thiocarbonyl (C=S) groups is 1. The van der Waals surface area contributed by atoms with Gasteiger partial charge in [-0.2, -0.15) is 13.2 Å². The molecule has 0 aromatic carbocycles. The Bertz CT molecular complexity index is 198. The molecule has 1 atom stereocenters. The molecule has 1 N–H and O–H groups in total. The molecule has 0 spiro atoms. The lowest BCUT2D eigenvalue weighted by Gasteiger charge is -2.04. The van der Waals surface area contributed by atoms with Crippen molar-refractivity contribution in [3.8, 4) is 0 Å². The molecular weight excluding hydrogens is 189 g/mol. The molecule has 1 aliphatic carbocycles. The Morgan fingerprint density at radius 2 is 1.83 bits per heavy atom. The van der Waals surface area contributed by atoms with E-state index in [4.69, 9.17) is 17.3 Å². The highest BCUT2D eigenvalue weighted by molar-refractivity contribution is 7.80. The van der Waals surface area contributed by atoms with Crippen molar-refractivity contribution in [1.82, 2.24) is 0 Å². The molecule has 12 heavy (non-hydrogen) atoms. The fourth-order valence-corrected chi connectivity index (χ4v) is 0.670. The molecule has 0 fully saturated rings. The molecule has 0 aliphatic heterocycles. The van der Waals surface area contributed by atoms with Gasteiger partial charge in [-0.25, -0.2) is 0 Å². The number of hydrogen-bond donors (Lipinski definition) is 1. The molecule has 0 aromatic rings. The maximum Gasteiger partial charge on any atom is 0.379 e. The molecule has 0 bridgehead atoms. The van der Waals surface area contributed by atoms with Crippen molar-refractivity contribution in [1.29, 1.82) is 0 Å². The van der Waals surface area contributed by atoms with Crippen LogP contribution in [0.15, 0.2) is 24.3 Å². The van der Waals surface area contributed by atoms with E-state index >= 15 is 0 Å². The largest absolute Gasteiger partial charge is 0.383 e. The third kappa shape index (κ3) is 6.06. The number of allylic oxidation sites excluding steroid dienone is 2. The van der Waals surface area contributed by atoms with E-state index in [-0.39, 0.29) is 0 Å². The van der Waals surface area contributed by atoms with Crippen LogP contribution in [0.3, 0.4) is 0 Å². The number of aliphatic hydroxyl groups excluding tert-OH is 1. The molecule has 0 saturated heterocycles. The molecule has 0 saturated carbocycles. The fraction of sp³-hybridized carbons (Fsp3) is 0.286. The summed E-state index contributed by atoms with van der Waals surface area (Å²) in [5.41, 5.74) is 0. The van der Waals surface area contributed by atoms with Crippen LogP contribution in [0, 0.1) is 0 Å². The first-order valence-electron chi connectivity index (χ1n) is 3.03. The van der Waals surface area contributed by atoms with Gasteiger partial charge in [-0.05, 0) is 6.08 Å². The molecule has 1 rings (SSSR count). The monoisotopic (exact) mass is 196 g/mol. The first-order chi connectivity index (χ1) is 5.54. The molecule has 0 aromatic heterocycles. The van der Waals surface area contributed by atoms with Crippen LogP contribution in [0.25, 0.3) is 0 Å². The topological polar surface area (TPSA) is 20.2 Å². The minimum Gasteiger partial charge on any atom is -0.383 e. The van der Waals surface area contributed by atoms with Crippen molar-refractivity contribution in [3.05, 3.63) is 24.3 Å².